The first-order chi connectivity index (χ1) is 12.7. The fourth-order valence-electron chi connectivity index (χ4n) is 2.54. The highest BCUT2D eigenvalue weighted by atomic mass is 19.1. The van der Waals surface area contributed by atoms with E-state index in [0.717, 1.165) is 16.8 Å². The van der Waals surface area contributed by atoms with E-state index in [0.29, 0.717) is 12.3 Å². The Hall–Kier alpha value is -3.19. The summed E-state index contributed by atoms with van der Waals surface area (Å²) in [4.78, 5) is 8.20. The number of aromatic nitrogens is 2. The summed E-state index contributed by atoms with van der Waals surface area (Å²) in [5.41, 5.74) is 8.93. The van der Waals surface area contributed by atoms with Gasteiger partial charge in [0.05, 0.1) is 25.2 Å². The number of ether oxygens (including phenoxy) is 1. The maximum Gasteiger partial charge on any atom is 0.193 e. The Morgan fingerprint density at radius 3 is 2.88 bits per heavy atom. The van der Waals surface area contributed by atoms with Crippen molar-refractivity contribution in [3.63, 3.8) is 0 Å². The van der Waals surface area contributed by atoms with Gasteiger partial charge >= 0.3 is 0 Å². The number of nitrogens with one attached hydrogen (secondary N) is 1. The van der Waals surface area contributed by atoms with E-state index >= 15 is 0 Å². The number of methoxy groups -OCH3 is 1. The molecule has 6 nitrogen and oxygen atoms in total. The number of nitrogens with zero attached hydrogens (tertiary/aromatic N) is 3. The third kappa shape index (κ3) is 4.25. The normalized spacial score (nSPS) is 11.5. The Bertz CT molecular complexity index is 893. The predicted molar refractivity (Wildman–Crippen MR) is 99.6 cm³/mol. The fraction of sp³-hybridized carbons (Fsp3) is 0.158. The van der Waals surface area contributed by atoms with Crippen LogP contribution in [-0.4, -0.2) is 22.6 Å². The number of nitrogens with two attached hydrogens (primary N) is 1. The molecule has 3 N–H and O–H groups in total. The van der Waals surface area contributed by atoms with E-state index in [1.807, 2.05) is 30.3 Å². The average Bonchev–Trinajstić information content (AvgIpc) is 3.16. The first kappa shape index (κ1) is 17.6. The maximum absolute atomic E-state index is 14.3. The largest absolute Gasteiger partial charge is 0.380 e. The number of benzene rings is 2. The lowest BCUT2D eigenvalue weighted by atomic mass is 10.2. The van der Waals surface area contributed by atoms with E-state index in [2.05, 4.69) is 15.3 Å². The first-order valence-electron chi connectivity index (χ1n) is 8.08. The number of halogens is 1. The molecule has 134 valence electrons. The molecule has 0 unspecified atom stereocenters. The molecule has 0 bridgehead atoms. The van der Waals surface area contributed by atoms with Crippen LogP contribution in [0.2, 0.25) is 0 Å². The minimum absolute atomic E-state index is 0.257. The van der Waals surface area contributed by atoms with E-state index in [-0.39, 0.29) is 18.3 Å². The fourth-order valence-corrected chi connectivity index (χ4v) is 2.54. The number of hydrogen-bond acceptors (Lipinski definition) is 3. The van der Waals surface area contributed by atoms with Crippen molar-refractivity contribution in [1.82, 2.24) is 9.55 Å². The molecule has 3 rings (SSSR count). The van der Waals surface area contributed by atoms with Gasteiger partial charge in [0.1, 0.15) is 5.82 Å². The van der Waals surface area contributed by atoms with Gasteiger partial charge in [0.2, 0.25) is 0 Å². The number of rotatable bonds is 6. The van der Waals surface area contributed by atoms with Crippen molar-refractivity contribution in [2.45, 2.75) is 13.2 Å². The average molecular weight is 353 g/mol. The lowest BCUT2D eigenvalue weighted by Crippen LogP contribution is -2.23. The molecule has 26 heavy (non-hydrogen) atoms. The maximum atomic E-state index is 14.3. The van der Waals surface area contributed by atoms with E-state index in [1.165, 1.54) is 6.07 Å². The van der Waals surface area contributed by atoms with Crippen molar-refractivity contribution in [1.29, 1.82) is 0 Å². The Kier molecular flexibility index (Phi) is 5.60. The van der Waals surface area contributed by atoms with E-state index < -0.39 is 0 Å². The Balaban J connectivity index is 1.69. The topological polar surface area (TPSA) is 77.5 Å². The van der Waals surface area contributed by atoms with Crippen LogP contribution < -0.4 is 11.1 Å². The number of para-hydroxylation sites is 1. The molecular weight excluding hydrogens is 333 g/mol. The molecule has 0 spiro atoms. The summed E-state index contributed by atoms with van der Waals surface area (Å²) < 4.78 is 21.0. The van der Waals surface area contributed by atoms with Gasteiger partial charge in [0.25, 0.3) is 0 Å². The molecule has 0 aliphatic carbocycles. The summed E-state index contributed by atoms with van der Waals surface area (Å²) >= 11 is 0. The van der Waals surface area contributed by atoms with Crippen molar-refractivity contribution >= 4 is 11.6 Å². The zero-order valence-corrected chi connectivity index (χ0v) is 14.4. The lowest BCUT2D eigenvalue weighted by Gasteiger charge is -2.11. The minimum atomic E-state index is -0.340. The van der Waals surface area contributed by atoms with Gasteiger partial charge in [-0.15, -0.1) is 0 Å². The highest BCUT2D eigenvalue weighted by Gasteiger charge is 2.06. The van der Waals surface area contributed by atoms with Crippen LogP contribution in [0.15, 0.2) is 66.2 Å². The SMILES string of the molecule is COCc1ccccc1NC(N)=NCc1ccc(-n2ccnc2)c(F)c1. The molecule has 7 heteroatoms. The van der Waals surface area contributed by atoms with Gasteiger partial charge in [-0.2, -0.15) is 0 Å². The Morgan fingerprint density at radius 2 is 2.15 bits per heavy atom. The molecule has 0 aliphatic heterocycles. The monoisotopic (exact) mass is 353 g/mol. The van der Waals surface area contributed by atoms with Gasteiger partial charge in [-0.25, -0.2) is 14.4 Å². The Morgan fingerprint density at radius 1 is 1.31 bits per heavy atom. The molecule has 0 fully saturated rings. The van der Waals surface area contributed by atoms with Crippen LogP contribution in [0.4, 0.5) is 10.1 Å². The van der Waals surface area contributed by atoms with Crippen LogP contribution in [0.1, 0.15) is 11.1 Å². The number of anilines is 1. The van der Waals surface area contributed by atoms with Crippen LogP contribution in [-0.2, 0) is 17.9 Å². The molecule has 0 atom stereocenters. The highest BCUT2D eigenvalue weighted by Crippen LogP contribution is 2.17. The second-order valence-electron chi connectivity index (χ2n) is 5.67. The van der Waals surface area contributed by atoms with Gasteiger partial charge < -0.3 is 20.4 Å². The summed E-state index contributed by atoms with van der Waals surface area (Å²) in [6.45, 7) is 0.740. The molecule has 1 heterocycles. The van der Waals surface area contributed by atoms with Crippen molar-refractivity contribution in [2.75, 3.05) is 12.4 Å². The van der Waals surface area contributed by atoms with Crippen LogP contribution in [0.25, 0.3) is 5.69 Å². The number of guanidine groups is 1. The lowest BCUT2D eigenvalue weighted by molar-refractivity contribution is 0.185. The van der Waals surface area contributed by atoms with Crippen molar-refractivity contribution < 1.29 is 9.13 Å². The van der Waals surface area contributed by atoms with Crippen LogP contribution in [0.3, 0.4) is 0 Å². The zero-order chi connectivity index (χ0) is 18.4. The standard InChI is InChI=1S/C19H20FN5O/c1-26-12-15-4-2-3-5-17(15)24-19(21)23-11-14-6-7-18(16(20)10-14)25-9-8-22-13-25/h2-10,13H,11-12H2,1H3,(H3,21,23,24). The van der Waals surface area contributed by atoms with Crippen molar-refractivity contribution in [3.8, 4) is 5.69 Å². The van der Waals surface area contributed by atoms with E-state index in [1.54, 1.807) is 36.5 Å². The highest BCUT2D eigenvalue weighted by molar-refractivity contribution is 5.92. The summed E-state index contributed by atoms with van der Waals surface area (Å²) in [5, 5.41) is 3.06. The van der Waals surface area contributed by atoms with E-state index in [9.17, 15) is 4.39 Å². The zero-order valence-electron chi connectivity index (χ0n) is 14.4. The van der Waals surface area contributed by atoms with Gasteiger partial charge in [-0.1, -0.05) is 24.3 Å². The molecule has 1 aromatic heterocycles. The molecule has 0 saturated carbocycles. The molecule has 0 amide bonds. The third-order valence-electron chi connectivity index (χ3n) is 3.81. The molecular formula is C19H20FN5O. The number of imidazole rings is 1. The summed E-state index contributed by atoms with van der Waals surface area (Å²) in [6, 6.07) is 12.6. The molecule has 2 aromatic carbocycles. The molecule has 0 radical (unpaired) electrons. The van der Waals surface area contributed by atoms with Gasteiger partial charge in [-0.3, -0.25) is 0 Å². The predicted octanol–water partition coefficient (Wildman–Crippen LogP) is 3.08. The van der Waals surface area contributed by atoms with Gasteiger partial charge in [0, 0.05) is 30.8 Å². The minimum Gasteiger partial charge on any atom is -0.380 e. The van der Waals surface area contributed by atoms with Crippen molar-refractivity contribution in [2.24, 2.45) is 10.7 Å². The molecule has 0 saturated heterocycles. The first-order valence-corrected chi connectivity index (χ1v) is 8.08. The second kappa shape index (κ2) is 8.26. The van der Waals surface area contributed by atoms with Crippen LogP contribution in [0.5, 0.6) is 0 Å². The Labute approximate surface area is 151 Å². The van der Waals surface area contributed by atoms with Gasteiger partial charge in [-0.05, 0) is 23.8 Å². The molecule has 3 aromatic rings. The second-order valence-corrected chi connectivity index (χ2v) is 5.67. The number of hydrogen-bond donors (Lipinski definition) is 2. The summed E-state index contributed by atoms with van der Waals surface area (Å²) in [7, 11) is 1.64. The smallest absolute Gasteiger partial charge is 0.193 e. The molecule has 0 aliphatic rings. The summed E-state index contributed by atoms with van der Waals surface area (Å²) in [6.07, 6.45) is 4.84. The summed E-state index contributed by atoms with van der Waals surface area (Å²) in [5.74, 6) is -0.0830. The van der Waals surface area contributed by atoms with Crippen LogP contribution >= 0.6 is 0 Å². The third-order valence-corrected chi connectivity index (χ3v) is 3.81. The van der Waals surface area contributed by atoms with Crippen molar-refractivity contribution in [3.05, 3.63) is 78.1 Å². The van der Waals surface area contributed by atoms with Gasteiger partial charge in [0.15, 0.2) is 5.96 Å². The van der Waals surface area contributed by atoms with Crippen LogP contribution in [0, 0.1) is 5.82 Å². The quantitative estimate of drug-likeness (QED) is 0.527. The van der Waals surface area contributed by atoms with E-state index in [4.69, 9.17) is 10.5 Å². The number of aliphatic imine (C=N–C) groups is 1.